The molecule has 3 rings (SSSR count). The highest BCUT2D eigenvalue weighted by molar-refractivity contribution is 6.74. The van der Waals surface area contributed by atoms with Crippen molar-refractivity contribution in [2.75, 3.05) is 7.11 Å². The molecule has 2 fully saturated rings. The van der Waals surface area contributed by atoms with Crippen LogP contribution in [-0.2, 0) is 27.9 Å². The minimum absolute atomic E-state index is 0.0342. The van der Waals surface area contributed by atoms with Crippen molar-refractivity contribution >= 4 is 22.6 Å². The molecule has 280 valence electrons. The van der Waals surface area contributed by atoms with Gasteiger partial charge in [0.1, 0.15) is 6.10 Å². The number of hydrogen-bond donors (Lipinski definition) is 0. The highest BCUT2D eigenvalue weighted by Crippen LogP contribution is 2.49. The van der Waals surface area contributed by atoms with E-state index >= 15 is 0 Å². The van der Waals surface area contributed by atoms with Gasteiger partial charge in [-0.25, -0.2) is 0 Å². The highest BCUT2D eigenvalue weighted by Gasteiger charge is 2.50. The van der Waals surface area contributed by atoms with Crippen molar-refractivity contribution in [1.82, 2.24) is 0 Å². The minimum Gasteiger partial charge on any atom is -0.469 e. The standard InChI is InChI=1S/C41H72O6Si2/c1-17-34-28(3)19-22-35(45-34)29(4)24-27(2)18-20-32-30(5)33(32)21-23-36-39(47-49(15,16)41(9,10)11)37(46-48(13,14)40(6,7)8)25-31(44-36)26-38(42)43-12/h18-21,23-24,27,30-37,39H,17,22,25-26H2,1-16H3/b20-18+,23-21+,29-24+/t27-,30-,31+,32+,33+,34-,35-,36+,37+,39+/m1/s1. The summed E-state index contributed by atoms with van der Waals surface area (Å²) in [6, 6.07) is 0. The Morgan fingerprint density at radius 2 is 1.57 bits per heavy atom. The lowest BCUT2D eigenvalue weighted by molar-refractivity contribution is -0.160. The lowest BCUT2D eigenvalue weighted by Gasteiger charge is -2.49. The first-order valence-electron chi connectivity index (χ1n) is 19.0. The number of allylic oxidation sites excluding steroid dienone is 4. The van der Waals surface area contributed by atoms with E-state index in [2.05, 4.69) is 139 Å². The Morgan fingerprint density at radius 3 is 2.14 bits per heavy atom. The first-order chi connectivity index (χ1) is 22.5. The molecule has 0 unspecified atom stereocenters. The fourth-order valence-corrected chi connectivity index (χ4v) is 9.26. The van der Waals surface area contributed by atoms with E-state index < -0.39 is 16.6 Å². The van der Waals surface area contributed by atoms with Crippen LogP contribution in [0.15, 0.2) is 47.6 Å². The fourth-order valence-electron chi connectivity index (χ4n) is 6.59. The maximum atomic E-state index is 12.5. The second-order valence-electron chi connectivity index (χ2n) is 18.3. The molecule has 6 nitrogen and oxygen atoms in total. The highest BCUT2D eigenvalue weighted by atomic mass is 28.4. The third-order valence-corrected chi connectivity index (χ3v) is 21.2. The van der Waals surface area contributed by atoms with Gasteiger partial charge in [-0.15, -0.1) is 0 Å². The average molecular weight is 717 g/mol. The number of carbonyl (C=O) groups excluding carboxylic acids is 1. The zero-order chi connectivity index (χ0) is 37.1. The Hall–Kier alpha value is -1.30. The topological polar surface area (TPSA) is 63.2 Å². The number of methoxy groups -OCH3 is 1. The molecule has 0 spiro atoms. The van der Waals surface area contributed by atoms with E-state index in [1.807, 2.05) is 0 Å². The van der Waals surface area contributed by atoms with E-state index in [0.29, 0.717) is 30.1 Å². The summed E-state index contributed by atoms with van der Waals surface area (Å²) >= 11 is 0. The van der Waals surface area contributed by atoms with E-state index in [-0.39, 0.29) is 59.1 Å². The van der Waals surface area contributed by atoms with Crippen molar-refractivity contribution in [2.45, 2.75) is 175 Å². The molecular formula is C41H72O6Si2. The molecule has 3 aliphatic rings. The van der Waals surface area contributed by atoms with Gasteiger partial charge in [0.25, 0.3) is 0 Å². The van der Waals surface area contributed by atoms with Crippen molar-refractivity contribution in [3.05, 3.63) is 47.6 Å². The molecule has 1 saturated heterocycles. The molecule has 1 saturated carbocycles. The molecule has 0 aromatic rings. The van der Waals surface area contributed by atoms with Crippen molar-refractivity contribution in [3.8, 4) is 0 Å². The van der Waals surface area contributed by atoms with Gasteiger partial charge in [0.2, 0.25) is 0 Å². The summed E-state index contributed by atoms with van der Waals surface area (Å²) in [5, 5.41) is 0.0772. The number of hydrogen-bond acceptors (Lipinski definition) is 6. The molecule has 0 aromatic carbocycles. The monoisotopic (exact) mass is 716 g/mol. The number of esters is 1. The predicted octanol–water partition coefficient (Wildman–Crippen LogP) is 10.6. The smallest absolute Gasteiger partial charge is 0.308 e. The fraction of sp³-hybridized carbons (Fsp3) is 0.780. The van der Waals surface area contributed by atoms with Gasteiger partial charge >= 0.3 is 5.97 Å². The van der Waals surface area contributed by atoms with Gasteiger partial charge in [-0.1, -0.05) is 98.8 Å². The molecule has 0 amide bonds. The van der Waals surface area contributed by atoms with Crippen LogP contribution in [0.1, 0.15) is 102 Å². The van der Waals surface area contributed by atoms with Crippen molar-refractivity contribution < 1.29 is 27.9 Å². The van der Waals surface area contributed by atoms with Gasteiger partial charge in [-0.2, -0.15) is 0 Å². The Bertz CT molecular complexity index is 1240. The normalized spacial score (nSPS) is 32.8. The predicted molar refractivity (Wildman–Crippen MR) is 209 cm³/mol. The van der Waals surface area contributed by atoms with E-state index in [4.69, 9.17) is 23.1 Å². The van der Waals surface area contributed by atoms with Gasteiger partial charge in [0.15, 0.2) is 16.6 Å². The summed E-state index contributed by atoms with van der Waals surface area (Å²) in [7, 11) is -2.90. The van der Waals surface area contributed by atoms with Gasteiger partial charge in [0.05, 0.1) is 44.1 Å². The first kappa shape index (κ1) is 42.1. The largest absolute Gasteiger partial charge is 0.469 e. The second-order valence-corrected chi connectivity index (χ2v) is 27.8. The van der Waals surface area contributed by atoms with Gasteiger partial charge in [-0.3, -0.25) is 4.79 Å². The quantitative estimate of drug-likeness (QED) is 0.107. The molecular weight excluding hydrogens is 645 g/mol. The van der Waals surface area contributed by atoms with Crippen LogP contribution in [0, 0.1) is 23.7 Å². The van der Waals surface area contributed by atoms with E-state index in [9.17, 15) is 4.79 Å². The average Bonchev–Trinajstić information content (AvgIpc) is 3.61. The molecule has 49 heavy (non-hydrogen) atoms. The zero-order valence-corrected chi connectivity index (χ0v) is 36.0. The van der Waals surface area contributed by atoms with Crippen molar-refractivity contribution in [1.29, 1.82) is 0 Å². The molecule has 10 atom stereocenters. The lowest BCUT2D eigenvalue weighted by atomic mass is 9.95. The molecule has 2 aliphatic heterocycles. The van der Waals surface area contributed by atoms with Crippen LogP contribution in [0.4, 0.5) is 0 Å². The number of rotatable bonds is 13. The van der Waals surface area contributed by atoms with E-state index in [1.165, 1.54) is 18.3 Å². The summed E-state index contributed by atoms with van der Waals surface area (Å²) in [6.45, 7) is 34.0. The second kappa shape index (κ2) is 16.6. The zero-order valence-electron chi connectivity index (χ0n) is 34.0. The Kier molecular flexibility index (Phi) is 14.3. The Labute approximate surface area is 302 Å². The van der Waals surface area contributed by atoms with Crippen molar-refractivity contribution in [3.63, 3.8) is 0 Å². The third-order valence-electron chi connectivity index (χ3n) is 12.2. The summed E-state index contributed by atoms with van der Waals surface area (Å²) in [4.78, 5) is 12.5. The summed E-state index contributed by atoms with van der Waals surface area (Å²) in [5.41, 5.74) is 2.67. The van der Waals surface area contributed by atoms with E-state index in [1.54, 1.807) is 0 Å². The molecule has 0 N–H and O–H groups in total. The van der Waals surface area contributed by atoms with Crippen LogP contribution in [0.5, 0.6) is 0 Å². The maximum Gasteiger partial charge on any atom is 0.308 e. The number of ether oxygens (including phenoxy) is 3. The minimum atomic E-state index is -2.19. The van der Waals surface area contributed by atoms with Crippen LogP contribution in [0.2, 0.25) is 36.3 Å². The van der Waals surface area contributed by atoms with Crippen molar-refractivity contribution in [2.24, 2.45) is 23.7 Å². The maximum absolute atomic E-state index is 12.5. The third kappa shape index (κ3) is 11.1. The molecule has 0 bridgehead atoms. The van der Waals surface area contributed by atoms with Crippen LogP contribution in [0.25, 0.3) is 0 Å². The van der Waals surface area contributed by atoms with Gasteiger partial charge < -0.3 is 23.1 Å². The molecule has 8 heteroatoms. The lowest BCUT2D eigenvalue weighted by Crippen LogP contribution is -2.59. The first-order valence-corrected chi connectivity index (χ1v) is 24.8. The molecule has 1 aliphatic carbocycles. The summed E-state index contributed by atoms with van der Waals surface area (Å²) in [6.07, 6.45) is 16.2. The number of carbonyl (C=O) groups is 1. The molecule has 0 radical (unpaired) electrons. The Balaban J connectivity index is 1.83. The van der Waals surface area contributed by atoms with E-state index in [0.717, 1.165) is 12.8 Å². The van der Waals surface area contributed by atoms with Crippen LogP contribution in [-0.4, -0.2) is 66.3 Å². The van der Waals surface area contributed by atoms with Crippen LogP contribution in [0.3, 0.4) is 0 Å². The molecule has 0 aromatic heterocycles. The van der Waals surface area contributed by atoms with Crippen LogP contribution < -0.4 is 0 Å². The molecule has 2 heterocycles. The summed E-state index contributed by atoms with van der Waals surface area (Å²) < 4.78 is 32.6. The Morgan fingerprint density at radius 1 is 0.980 bits per heavy atom. The van der Waals surface area contributed by atoms with Gasteiger partial charge in [-0.05, 0) is 97.8 Å². The van der Waals surface area contributed by atoms with Gasteiger partial charge in [0, 0.05) is 6.42 Å². The SMILES string of the molecule is CC[C@H]1O[C@@H](/C(C)=C/[C@H](C)/C=C/[C@H]2[C@@H](C)[C@@H]2/C=C/[C@@H]2O[C@H](CC(=O)OC)C[C@H](O[Si](C)(C)C(C)(C)C)[C@H]2O[Si](C)(C)C(C)(C)C)CC=C1C. The summed E-state index contributed by atoms with van der Waals surface area (Å²) in [5.74, 6) is 1.56. The van der Waals surface area contributed by atoms with Crippen LogP contribution >= 0.6 is 0 Å².